The average Bonchev–Trinajstić information content (AvgIpc) is 2.65. The maximum absolute atomic E-state index is 5.67. The zero-order chi connectivity index (χ0) is 16.2. The van der Waals surface area contributed by atoms with Crippen LogP contribution in [0, 0.1) is 0 Å². The molecule has 3 nitrogen and oxygen atoms in total. The van der Waals surface area contributed by atoms with Gasteiger partial charge in [0.2, 0.25) is 0 Å². The van der Waals surface area contributed by atoms with E-state index in [0.717, 1.165) is 24.7 Å². The van der Waals surface area contributed by atoms with Crippen LogP contribution in [0.2, 0.25) is 0 Å². The van der Waals surface area contributed by atoms with Crippen molar-refractivity contribution in [1.82, 2.24) is 4.90 Å². The van der Waals surface area contributed by atoms with Crippen LogP contribution in [0.25, 0.3) is 0 Å². The van der Waals surface area contributed by atoms with Gasteiger partial charge in [0.15, 0.2) is 0 Å². The maximum atomic E-state index is 5.67. The molecule has 1 saturated heterocycles. The molecule has 1 aliphatic rings. The number of hydrogen-bond acceptors (Lipinski definition) is 3. The molecule has 0 bridgehead atoms. The summed E-state index contributed by atoms with van der Waals surface area (Å²) < 4.78 is 10.6. The van der Waals surface area contributed by atoms with Crippen molar-refractivity contribution in [1.29, 1.82) is 0 Å². The van der Waals surface area contributed by atoms with Gasteiger partial charge >= 0.3 is 0 Å². The number of benzene rings is 2. The minimum Gasteiger partial charge on any atom is -0.497 e. The fourth-order valence-corrected chi connectivity index (χ4v) is 2.55. The van der Waals surface area contributed by atoms with Crippen molar-refractivity contribution < 1.29 is 9.47 Å². The van der Waals surface area contributed by atoms with E-state index in [9.17, 15) is 0 Å². The summed E-state index contributed by atoms with van der Waals surface area (Å²) in [5, 5.41) is 0. The molecule has 0 saturated carbocycles. The lowest BCUT2D eigenvalue weighted by Crippen LogP contribution is -2.33. The summed E-state index contributed by atoms with van der Waals surface area (Å²) in [4.78, 5) is 2.49. The van der Waals surface area contributed by atoms with Gasteiger partial charge in [0.05, 0.1) is 7.11 Å². The van der Waals surface area contributed by atoms with Gasteiger partial charge in [-0.3, -0.25) is 4.90 Å². The largest absolute Gasteiger partial charge is 0.497 e. The Morgan fingerprint density at radius 2 is 1.35 bits per heavy atom. The maximum Gasteiger partial charge on any atom is 0.119 e. The molecule has 23 heavy (non-hydrogen) atoms. The molecule has 1 aliphatic heterocycles. The quantitative estimate of drug-likeness (QED) is 0.824. The van der Waals surface area contributed by atoms with Crippen LogP contribution >= 0.6 is 0 Å². The summed E-state index contributed by atoms with van der Waals surface area (Å²) in [5.41, 5.74) is 0. The van der Waals surface area contributed by atoms with Gasteiger partial charge in [-0.25, -0.2) is 0 Å². The molecule has 3 heteroatoms. The van der Waals surface area contributed by atoms with E-state index in [1.807, 2.05) is 60.7 Å². The Balaban J connectivity index is 0.000000203. The predicted molar refractivity (Wildman–Crippen MR) is 95.2 cm³/mol. The molecular weight excluding hydrogens is 286 g/mol. The van der Waals surface area contributed by atoms with Crippen LogP contribution in [0.15, 0.2) is 60.7 Å². The van der Waals surface area contributed by atoms with Gasteiger partial charge in [0.25, 0.3) is 0 Å². The van der Waals surface area contributed by atoms with E-state index in [1.54, 1.807) is 7.11 Å². The fraction of sp³-hybridized carbons (Fsp3) is 0.400. The summed E-state index contributed by atoms with van der Waals surface area (Å²) in [6, 6.07) is 19.7. The van der Waals surface area contributed by atoms with E-state index in [1.165, 1.54) is 32.4 Å². The van der Waals surface area contributed by atoms with Crippen molar-refractivity contribution in [2.24, 2.45) is 0 Å². The van der Waals surface area contributed by atoms with E-state index in [2.05, 4.69) is 4.90 Å². The summed E-state index contributed by atoms with van der Waals surface area (Å²) >= 11 is 0. The first-order chi connectivity index (χ1) is 11.4. The third kappa shape index (κ3) is 7.20. The molecule has 1 fully saturated rings. The highest BCUT2D eigenvalue weighted by Crippen LogP contribution is 2.10. The van der Waals surface area contributed by atoms with Crippen LogP contribution in [0.4, 0.5) is 0 Å². The highest BCUT2D eigenvalue weighted by molar-refractivity contribution is 5.21. The number of para-hydroxylation sites is 2. The van der Waals surface area contributed by atoms with Gasteiger partial charge in [-0.05, 0) is 50.2 Å². The predicted octanol–water partition coefficient (Wildman–Crippen LogP) is 4.25. The summed E-state index contributed by atoms with van der Waals surface area (Å²) in [6.07, 6.45) is 4.10. The zero-order valence-corrected chi connectivity index (χ0v) is 14.0. The summed E-state index contributed by atoms with van der Waals surface area (Å²) in [7, 11) is 1.66. The van der Waals surface area contributed by atoms with E-state index in [0.29, 0.717) is 0 Å². The molecular formula is C20H27NO2. The standard InChI is InChI=1S/C13H19NO.C7H8O/c1-3-7-13(8-4-1)15-12-11-14-9-5-2-6-10-14;1-8-7-5-3-2-4-6-7/h1,3-4,7-8H,2,5-6,9-12H2;2-6H,1H3. The van der Waals surface area contributed by atoms with Gasteiger partial charge in [-0.2, -0.15) is 0 Å². The van der Waals surface area contributed by atoms with E-state index in [4.69, 9.17) is 9.47 Å². The minimum atomic E-state index is 0.810. The molecule has 0 spiro atoms. The monoisotopic (exact) mass is 313 g/mol. The first kappa shape index (κ1) is 17.4. The molecule has 0 amide bonds. The van der Waals surface area contributed by atoms with Crippen LogP contribution < -0.4 is 9.47 Å². The van der Waals surface area contributed by atoms with Gasteiger partial charge < -0.3 is 9.47 Å². The number of ether oxygens (including phenoxy) is 2. The van der Waals surface area contributed by atoms with Crippen molar-refractivity contribution >= 4 is 0 Å². The molecule has 0 aromatic heterocycles. The lowest BCUT2D eigenvalue weighted by molar-refractivity contribution is 0.183. The normalized spacial score (nSPS) is 14.5. The van der Waals surface area contributed by atoms with Crippen LogP contribution in [0.5, 0.6) is 11.5 Å². The highest BCUT2D eigenvalue weighted by Gasteiger charge is 2.09. The topological polar surface area (TPSA) is 21.7 Å². The van der Waals surface area contributed by atoms with Crippen molar-refractivity contribution in [2.45, 2.75) is 19.3 Å². The average molecular weight is 313 g/mol. The lowest BCUT2D eigenvalue weighted by Gasteiger charge is -2.26. The highest BCUT2D eigenvalue weighted by atomic mass is 16.5. The second kappa shape index (κ2) is 10.7. The Morgan fingerprint density at radius 3 is 1.87 bits per heavy atom. The van der Waals surface area contributed by atoms with E-state index in [-0.39, 0.29) is 0 Å². The Kier molecular flexibility index (Phi) is 8.06. The van der Waals surface area contributed by atoms with Gasteiger partial charge in [0, 0.05) is 6.54 Å². The van der Waals surface area contributed by atoms with Crippen molar-refractivity contribution in [3.63, 3.8) is 0 Å². The Labute approximate surface area is 139 Å². The first-order valence-electron chi connectivity index (χ1n) is 8.38. The number of hydrogen-bond donors (Lipinski definition) is 0. The third-order valence-corrected chi connectivity index (χ3v) is 3.85. The molecule has 2 aromatic carbocycles. The van der Waals surface area contributed by atoms with Gasteiger partial charge in [-0.15, -0.1) is 0 Å². The molecule has 0 N–H and O–H groups in total. The SMILES string of the molecule is COc1ccccc1.c1ccc(OCCN2CCCCC2)cc1. The lowest BCUT2D eigenvalue weighted by atomic mass is 10.1. The first-order valence-corrected chi connectivity index (χ1v) is 8.38. The summed E-state index contributed by atoms with van der Waals surface area (Å²) in [5.74, 6) is 1.89. The Bertz CT molecular complexity index is 510. The Morgan fingerprint density at radius 1 is 0.783 bits per heavy atom. The zero-order valence-electron chi connectivity index (χ0n) is 14.0. The molecule has 0 atom stereocenters. The fourth-order valence-electron chi connectivity index (χ4n) is 2.55. The molecule has 0 radical (unpaired) electrons. The number of piperidine rings is 1. The van der Waals surface area contributed by atoms with Gasteiger partial charge in [0.1, 0.15) is 18.1 Å². The van der Waals surface area contributed by atoms with Crippen LogP contribution in [0.1, 0.15) is 19.3 Å². The molecule has 0 unspecified atom stereocenters. The smallest absolute Gasteiger partial charge is 0.119 e. The number of nitrogens with zero attached hydrogens (tertiary/aromatic N) is 1. The van der Waals surface area contributed by atoms with E-state index >= 15 is 0 Å². The molecule has 1 heterocycles. The van der Waals surface area contributed by atoms with Crippen LogP contribution in [-0.2, 0) is 0 Å². The van der Waals surface area contributed by atoms with Gasteiger partial charge in [-0.1, -0.05) is 42.8 Å². The van der Waals surface area contributed by atoms with E-state index < -0.39 is 0 Å². The molecule has 0 aliphatic carbocycles. The summed E-state index contributed by atoms with van der Waals surface area (Å²) in [6.45, 7) is 4.37. The third-order valence-electron chi connectivity index (χ3n) is 3.85. The minimum absolute atomic E-state index is 0.810. The van der Waals surface area contributed by atoms with Crippen molar-refractivity contribution in [3.05, 3.63) is 60.7 Å². The van der Waals surface area contributed by atoms with Crippen LogP contribution in [-0.4, -0.2) is 38.3 Å². The second-order valence-corrected chi connectivity index (χ2v) is 5.58. The molecule has 3 rings (SSSR count). The van der Waals surface area contributed by atoms with Crippen LogP contribution in [0.3, 0.4) is 0 Å². The molecule has 2 aromatic rings. The second-order valence-electron chi connectivity index (χ2n) is 5.58. The Hall–Kier alpha value is -2.00. The molecule has 124 valence electrons. The number of likely N-dealkylation sites (tertiary alicyclic amines) is 1. The van der Waals surface area contributed by atoms with Crippen molar-refractivity contribution in [2.75, 3.05) is 33.4 Å². The number of methoxy groups -OCH3 is 1. The van der Waals surface area contributed by atoms with Crippen molar-refractivity contribution in [3.8, 4) is 11.5 Å². The number of rotatable bonds is 5.